The normalized spacial score (nSPS) is 16.6. The van der Waals surface area contributed by atoms with Crippen LogP contribution in [0.5, 0.6) is 11.5 Å². The Morgan fingerprint density at radius 3 is 2.88 bits per heavy atom. The molecule has 0 bridgehead atoms. The third-order valence-corrected chi connectivity index (χ3v) is 4.57. The van der Waals surface area contributed by atoms with E-state index in [2.05, 4.69) is 10.1 Å². The Bertz CT molecular complexity index is 865. The summed E-state index contributed by atoms with van der Waals surface area (Å²) in [6.07, 6.45) is 9.00. The minimum Gasteiger partial charge on any atom is -0.455 e. The van der Waals surface area contributed by atoms with E-state index in [0.29, 0.717) is 23.6 Å². The van der Waals surface area contributed by atoms with Crippen molar-refractivity contribution in [3.63, 3.8) is 0 Å². The Morgan fingerprint density at radius 2 is 2.08 bits per heavy atom. The topological polar surface area (TPSA) is 60.2 Å². The fourth-order valence-corrected chi connectivity index (χ4v) is 3.34. The maximum Gasteiger partial charge on any atom is 0.257 e. The summed E-state index contributed by atoms with van der Waals surface area (Å²) in [6, 6.07) is 13.0. The van der Waals surface area contributed by atoms with Gasteiger partial charge in [0.25, 0.3) is 5.91 Å². The van der Waals surface area contributed by atoms with Gasteiger partial charge in [-0.2, -0.15) is 5.10 Å². The van der Waals surface area contributed by atoms with E-state index in [1.807, 2.05) is 52.2 Å². The van der Waals surface area contributed by atoms with Gasteiger partial charge in [0.1, 0.15) is 11.5 Å². The van der Waals surface area contributed by atoms with E-state index >= 15 is 0 Å². The molecule has 4 rings (SSSR count). The van der Waals surface area contributed by atoms with Crippen LogP contribution in [0.2, 0.25) is 0 Å². The van der Waals surface area contributed by atoms with Crippen molar-refractivity contribution >= 4 is 5.91 Å². The lowest BCUT2D eigenvalue weighted by atomic mass is 10.1. The van der Waals surface area contributed by atoms with Gasteiger partial charge in [-0.25, -0.2) is 0 Å². The van der Waals surface area contributed by atoms with Crippen molar-refractivity contribution in [2.45, 2.75) is 25.4 Å². The molecule has 26 heavy (non-hydrogen) atoms. The first-order valence-electron chi connectivity index (χ1n) is 8.76. The fraction of sp³-hybridized carbons (Fsp3) is 0.250. The average Bonchev–Trinajstić information content (AvgIpc) is 3.35. The summed E-state index contributed by atoms with van der Waals surface area (Å²) in [6.45, 7) is 1.47. The Morgan fingerprint density at radius 1 is 1.15 bits per heavy atom. The van der Waals surface area contributed by atoms with Gasteiger partial charge in [0.05, 0.1) is 24.3 Å². The zero-order chi connectivity index (χ0) is 17.8. The van der Waals surface area contributed by atoms with Gasteiger partial charge in [0.15, 0.2) is 0 Å². The molecule has 132 valence electrons. The minimum absolute atomic E-state index is 0.000790. The number of carbonyl (C=O) groups excluding carboxylic acids is 1. The highest BCUT2D eigenvalue weighted by atomic mass is 16.5. The molecule has 1 aliphatic rings. The summed E-state index contributed by atoms with van der Waals surface area (Å²) < 4.78 is 7.79. The molecule has 2 aromatic heterocycles. The first-order valence-corrected chi connectivity index (χ1v) is 8.76. The lowest BCUT2D eigenvalue weighted by Crippen LogP contribution is -2.38. The van der Waals surface area contributed by atoms with E-state index in [-0.39, 0.29) is 11.9 Å². The highest BCUT2D eigenvalue weighted by Gasteiger charge is 2.31. The first kappa shape index (κ1) is 16.3. The fourth-order valence-electron chi connectivity index (χ4n) is 3.34. The van der Waals surface area contributed by atoms with Gasteiger partial charge >= 0.3 is 0 Å². The second kappa shape index (κ2) is 7.39. The quantitative estimate of drug-likeness (QED) is 0.709. The number of rotatable bonds is 5. The summed E-state index contributed by atoms with van der Waals surface area (Å²) >= 11 is 0. The SMILES string of the molecule is O=C(c1ccccc1Oc1cccnc1)N1CCC[C@@H]1Cn1cccn1. The van der Waals surface area contributed by atoms with Crippen LogP contribution in [0.3, 0.4) is 0 Å². The van der Waals surface area contributed by atoms with Crippen LogP contribution in [0, 0.1) is 0 Å². The number of amides is 1. The smallest absolute Gasteiger partial charge is 0.257 e. The number of benzene rings is 1. The van der Waals surface area contributed by atoms with Gasteiger partial charge in [0.2, 0.25) is 0 Å². The molecule has 0 saturated carbocycles. The zero-order valence-corrected chi connectivity index (χ0v) is 14.4. The molecule has 0 unspecified atom stereocenters. The average molecular weight is 348 g/mol. The van der Waals surface area contributed by atoms with Crippen LogP contribution in [0.4, 0.5) is 0 Å². The molecule has 3 aromatic rings. The third kappa shape index (κ3) is 3.44. The third-order valence-electron chi connectivity index (χ3n) is 4.57. The first-order chi connectivity index (χ1) is 12.8. The van der Waals surface area contributed by atoms with E-state index < -0.39 is 0 Å². The van der Waals surface area contributed by atoms with Crippen molar-refractivity contribution in [3.05, 3.63) is 72.8 Å². The number of hydrogen-bond acceptors (Lipinski definition) is 4. The van der Waals surface area contributed by atoms with Crippen LogP contribution < -0.4 is 4.74 Å². The highest BCUT2D eigenvalue weighted by Crippen LogP contribution is 2.28. The molecule has 6 heteroatoms. The molecule has 0 aliphatic carbocycles. The number of hydrogen-bond donors (Lipinski definition) is 0. The molecule has 1 aromatic carbocycles. The summed E-state index contributed by atoms with van der Waals surface area (Å²) in [7, 11) is 0. The number of para-hydroxylation sites is 1. The molecule has 1 aliphatic heterocycles. The van der Waals surface area contributed by atoms with Gasteiger partial charge in [-0.15, -0.1) is 0 Å². The molecule has 6 nitrogen and oxygen atoms in total. The summed E-state index contributed by atoms with van der Waals surface area (Å²) in [5, 5.41) is 4.27. The van der Waals surface area contributed by atoms with E-state index in [0.717, 1.165) is 19.4 Å². The van der Waals surface area contributed by atoms with Crippen LogP contribution >= 0.6 is 0 Å². The summed E-state index contributed by atoms with van der Waals surface area (Å²) in [5.74, 6) is 1.16. The highest BCUT2D eigenvalue weighted by molar-refractivity contribution is 5.97. The standard InChI is InChI=1S/C20H20N4O2/c25-20(24-13-4-6-16(24)15-23-12-5-11-22-23)18-8-1-2-9-19(18)26-17-7-3-10-21-14-17/h1-3,5,7-12,14,16H,4,6,13,15H2/t16-/m1/s1. The Kier molecular flexibility index (Phi) is 4.64. The number of aromatic nitrogens is 3. The van der Waals surface area contributed by atoms with Crippen LogP contribution in [-0.4, -0.2) is 38.2 Å². The van der Waals surface area contributed by atoms with Crippen molar-refractivity contribution in [1.82, 2.24) is 19.7 Å². The van der Waals surface area contributed by atoms with Crippen molar-refractivity contribution in [2.75, 3.05) is 6.54 Å². The predicted molar refractivity (Wildman–Crippen MR) is 97.0 cm³/mol. The van der Waals surface area contributed by atoms with Crippen molar-refractivity contribution in [1.29, 1.82) is 0 Å². The van der Waals surface area contributed by atoms with Gasteiger partial charge in [0, 0.05) is 25.1 Å². The Hall–Kier alpha value is -3.15. The summed E-state index contributed by atoms with van der Waals surface area (Å²) in [4.78, 5) is 19.2. The zero-order valence-electron chi connectivity index (χ0n) is 14.4. The number of likely N-dealkylation sites (tertiary alicyclic amines) is 1. The van der Waals surface area contributed by atoms with Crippen LogP contribution in [-0.2, 0) is 6.54 Å². The molecular formula is C20H20N4O2. The number of carbonyl (C=O) groups is 1. The maximum atomic E-state index is 13.2. The molecule has 0 N–H and O–H groups in total. The van der Waals surface area contributed by atoms with Gasteiger partial charge in [-0.1, -0.05) is 12.1 Å². The molecule has 3 heterocycles. The lowest BCUT2D eigenvalue weighted by Gasteiger charge is -2.25. The van der Waals surface area contributed by atoms with E-state index in [1.165, 1.54) is 0 Å². The number of nitrogens with zero attached hydrogens (tertiary/aromatic N) is 4. The summed E-state index contributed by atoms with van der Waals surface area (Å²) in [5.41, 5.74) is 0.573. The van der Waals surface area contributed by atoms with Crippen LogP contribution in [0.15, 0.2) is 67.3 Å². The minimum atomic E-state index is -0.000790. The molecular weight excluding hydrogens is 328 g/mol. The van der Waals surface area contributed by atoms with Gasteiger partial charge < -0.3 is 9.64 Å². The molecule has 0 spiro atoms. The van der Waals surface area contributed by atoms with Crippen molar-refractivity contribution < 1.29 is 9.53 Å². The van der Waals surface area contributed by atoms with E-state index in [9.17, 15) is 4.79 Å². The Balaban J connectivity index is 1.56. The largest absolute Gasteiger partial charge is 0.455 e. The molecule has 1 fully saturated rings. The van der Waals surface area contributed by atoms with E-state index in [1.54, 1.807) is 24.7 Å². The second-order valence-corrected chi connectivity index (χ2v) is 6.31. The van der Waals surface area contributed by atoms with Crippen molar-refractivity contribution in [3.8, 4) is 11.5 Å². The predicted octanol–water partition coefficient (Wildman–Crippen LogP) is 3.38. The monoisotopic (exact) mass is 348 g/mol. The maximum absolute atomic E-state index is 13.2. The molecule has 1 atom stereocenters. The molecule has 0 radical (unpaired) electrons. The second-order valence-electron chi connectivity index (χ2n) is 6.31. The van der Waals surface area contributed by atoms with E-state index in [4.69, 9.17) is 4.74 Å². The van der Waals surface area contributed by atoms with Crippen LogP contribution in [0.1, 0.15) is 23.2 Å². The van der Waals surface area contributed by atoms with Crippen molar-refractivity contribution in [2.24, 2.45) is 0 Å². The van der Waals surface area contributed by atoms with Gasteiger partial charge in [-0.3, -0.25) is 14.5 Å². The number of ether oxygens (including phenoxy) is 1. The lowest BCUT2D eigenvalue weighted by molar-refractivity contribution is 0.0719. The molecule has 1 saturated heterocycles. The Labute approximate surface area is 152 Å². The van der Waals surface area contributed by atoms with Gasteiger partial charge in [-0.05, 0) is 43.2 Å². The number of pyridine rings is 1. The van der Waals surface area contributed by atoms with Crippen LogP contribution in [0.25, 0.3) is 0 Å². The molecule has 1 amide bonds.